The Bertz CT molecular complexity index is 1120. The Hall–Kier alpha value is -3.06. The van der Waals surface area contributed by atoms with Gasteiger partial charge in [-0.1, -0.05) is 30.3 Å². The summed E-state index contributed by atoms with van der Waals surface area (Å²) in [5.41, 5.74) is 2.23. The summed E-state index contributed by atoms with van der Waals surface area (Å²) in [6, 6.07) is 15.2. The predicted octanol–water partition coefficient (Wildman–Crippen LogP) is 3.23. The fraction of sp³-hybridized carbons (Fsp3) is 0.304. The molecule has 5 rings (SSSR count). The monoisotopic (exact) mass is 419 g/mol. The highest BCUT2D eigenvalue weighted by Crippen LogP contribution is 2.33. The van der Waals surface area contributed by atoms with Crippen molar-refractivity contribution in [1.29, 1.82) is 0 Å². The summed E-state index contributed by atoms with van der Waals surface area (Å²) in [5, 5.41) is 1.05. The van der Waals surface area contributed by atoms with Crippen molar-refractivity contribution in [3.05, 3.63) is 64.7 Å². The zero-order chi connectivity index (χ0) is 20.7. The second-order valence-corrected chi connectivity index (χ2v) is 8.88. The van der Waals surface area contributed by atoms with Crippen molar-refractivity contribution in [2.45, 2.75) is 25.2 Å². The van der Waals surface area contributed by atoms with Crippen LogP contribution in [0.1, 0.15) is 39.7 Å². The normalized spacial score (nSPS) is 19.3. The summed E-state index contributed by atoms with van der Waals surface area (Å²) in [4.78, 5) is 45.9. The van der Waals surface area contributed by atoms with Gasteiger partial charge in [0.1, 0.15) is 6.54 Å². The van der Waals surface area contributed by atoms with Gasteiger partial charge < -0.3 is 4.90 Å². The molecule has 0 bridgehead atoms. The molecule has 152 valence electrons. The molecule has 1 saturated heterocycles. The lowest BCUT2D eigenvalue weighted by molar-refractivity contribution is -0.139. The van der Waals surface area contributed by atoms with E-state index in [0.29, 0.717) is 18.7 Å². The second-order valence-electron chi connectivity index (χ2n) is 7.82. The van der Waals surface area contributed by atoms with Crippen molar-refractivity contribution in [1.82, 2.24) is 14.8 Å². The van der Waals surface area contributed by atoms with Crippen molar-refractivity contribution < 1.29 is 14.4 Å². The van der Waals surface area contributed by atoms with Crippen molar-refractivity contribution in [2.75, 3.05) is 19.6 Å². The Morgan fingerprint density at radius 2 is 1.90 bits per heavy atom. The third-order valence-corrected chi connectivity index (χ3v) is 7.06. The molecule has 3 heterocycles. The summed E-state index contributed by atoms with van der Waals surface area (Å²) < 4.78 is 1.15. The van der Waals surface area contributed by atoms with Crippen LogP contribution in [0, 0.1) is 0 Å². The average molecular weight is 420 g/mol. The maximum atomic E-state index is 13.0. The Morgan fingerprint density at radius 1 is 1.10 bits per heavy atom. The SMILES string of the molecule is O=C(CN1C(=O)Cc2ccccc2C1=O)N1CCC[C@@H](c2nc3ccccc3s2)C1. The highest BCUT2D eigenvalue weighted by molar-refractivity contribution is 7.18. The summed E-state index contributed by atoms with van der Waals surface area (Å²) >= 11 is 1.68. The lowest BCUT2D eigenvalue weighted by Gasteiger charge is -2.34. The Labute approximate surface area is 178 Å². The predicted molar refractivity (Wildman–Crippen MR) is 114 cm³/mol. The van der Waals surface area contributed by atoms with Crippen LogP contribution in [-0.4, -0.2) is 52.1 Å². The van der Waals surface area contributed by atoms with Crippen molar-refractivity contribution in [3.63, 3.8) is 0 Å². The number of imide groups is 1. The number of amides is 3. The molecular formula is C23H21N3O3S. The van der Waals surface area contributed by atoms with E-state index in [1.54, 1.807) is 34.4 Å². The van der Waals surface area contributed by atoms with E-state index < -0.39 is 0 Å². The summed E-state index contributed by atoms with van der Waals surface area (Å²) in [5.74, 6) is -0.683. The fourth-order valence-electron chi connectivity index (χ4n) is 4.27. The van der Waals surface area contributed by atoms with Gasteiger partial charge in [-0.2, -0.15) is 0 Å². The lowest BCUT2D eigenvalue weighted by Crippen LogP contribution is -2.50. The topological polar surface area (TPSA) is 70.6 Å². The summed E-state index contributed by atoms with van der Waals surface area (Å²) in [6.45, 7) is 1.02. The molecule has 0 saturated carbocycles. The van der Waals surface area contributed by atoms with E-state index in [1.807, 2.05) is 24.3 Å². The number of likely N-dealkylation sites (tertiary alicyclic amines) is 1. The van der Waals surface area contributed by atoms with Gasteiger partial charge in [-0.3, -0.25) is 19.3 Å². The minimum Gasteiger partial charge on any atom is -0.340 e. The Balaban J connectivity index is 1.30. The van der Waals surface area contributed by atoms with Gasteiger partial charge in [0, 0.05) is 24.6 Å². The van der Waals surface area contributed by atoms with Gasteiger partial charge in [0.15, 0.2) is 0 Å². The number of aromatic nitrogens is 1. The largest absolute Gasteiger partial charge is 0.340 e. The standard InChI is InChI=1S/C23H21N3O3S/c27-20-12-15-6-1-2-8-17(15)23(29)26(20)14-21(28)25-11-5-7-16(13-25)22-24-18-9-3-4-10-19(18)30-22/h1-4,6,8-10,16H,5,7,11-14H2/t16-/m1/s1. The van der Waals surface area contributed by atoms with Gasteiger partial charge in [-0.25, -0.2) is 4.98 Å². The molecule has 0 unspecified atom stereocenters. The number of carbonyl (C=O) groups excluding carboxylic acids is 3. The van der Waals surface area contributed by atoms with Crippen molar-refractivity contribution >= 4 is 39.3 Å². The lowest BCUT2D eigenvalue weighted by atomic mass is 9.97. The number of fused-ring (bicyclic) bond motifs is 2. The molecule has 0 spiro atoms. The number of piperidine rings is 1. The number of carbonyl (C=O) groups is 3. The fourth-order valence-corrected chi connectivity index (χ4v) is 5.36. The van der Waals surface area contributed by atoms with E-state index in [4.69, 9.17) is 4.98 Å². The summed E-state index contributed by atoms with van der Waals surface area (Å²) in [7, 11) is 0. The molecule has 2 aliphatic rings. The number of nitrogens with zero attached hydrogens (tertiary/aromatic N) is 3. The van der Waals surface area contributed by atoms with E-state index in [2.05, 4.69) is 6.07 Å². The van der Waals surface area contributed by atoms with Crippen molar-refractivity contribution in [2.24, 2.45) is 0 Å². The molecule has 3 amide bonds. The summed E-state index contributed by atoms with van der Waals surface area (Å²) in [6.07, 6.45) is 2.03. The molecule has 6 nitrogen and oxygen atoms in total. The minimum absolute atomic E-state index is 0.156. The maximum Gasteiger partial charge on any atom is 0.261 e. The smallest absolute Gasteiger partial charge is 0.261 e. The highest BCUT2D eigenvalue weighted by atomic mass is 32.1. The van der Waals surface area contributed by atoms with Crippen LogP contribution in [0.25, 0.3) is 10.2 Å². The van der Waals surface area contributed by atoms with Crippen LogP contribution in [0.4, 0.5) is 0 Å². The molecule has 3 aromatic rings. The van der Waals surface area contributed by atoms with Crippen LogP contribution in [0.2, 0.25) is 0 Å². The average Bonchev–Trinajstić information content (AvgIpc) is 3.21. The van der Waals surface area contributed by atoms with Crippen LogP contribution in [0.15, 0.2) is 48.5 Å². The molecule has 0 aliphatic carbocycles. The molecule has 0 radical (unpaired) electrons. The molecule has 1 atom stereocenters. The number of benzene rings is 2. The van der Waals surface area contributed by atoms with Crippen molar-refractivity contribution in [3.8, 4) is 0 Å². The first-order chi connectivity index (χ1) is 14.6. The first-order valence-corrected chi connectivity index (χ1v) is 11.0. The molecule has 0 N–H and O–H groups in total. The van der Waals surface area contributed by atoms with Gasteiger partial charge >= 0.3 is 0 Å². The van der Waals surface area contributed by atoms with Gasteiger partial charge in [0.05, 0.1) is 21.6 Å². The zero-order valence-electron chi connectivity index (χ0n) is 16.4. The third kappa shape index (κ3) is 3.39. The van der Waals surface area contributed by atoms with E-state index in [-0.39, 0.29) is 36.6 Å². The zero-order valence-corrected chi connectivity index (χ0v) is 17.2. The first kappa shape index (κ1) is 18.9. The van der Waals surface area contributed by atoms with Crippen LogP contribution >= 0.6 is 11.3 Å². The number of para-hydroxylation sites is 1. The molecule has 1 aromatic heterocycles. The molecule has 7 heteroatoms. The quantitative estimate of drug-likeness (QED) is 0.611. The van der Waals surface area contributed by atoms with Crippen LogP contribution < -0.4 is 0 Å². The molecule has 2 aliphatic heterocycles. The second kappa shape index (κ2) is 7.65. The number of hydrogen-bond acceptors (Lipinski definition) is 5. The molecule has 2 aromatic carbocycles. The van der Waals surface area contributed by atoms with E-state index >= 15 is 0 Å². The minimum atomic E-state index is -0.380. The molecule has 1 fully saturated rings. The van der Waals surface area contributed by atoms with E-state index in [1.165, 1.54) is 0 Å². The van der Waals surface area contributed by atoms with Gasteiger partial charge in [0.2, 0.25) is 11.8 Å². The van der Waals surface area contributed by atoms with Gasteiger partial charge in [0.25, 0.3) is 5.91 Å². The number of rotatable bonds is 3. The van der Waals surface area contributed by atoms with Crippen LogP contribution in [0.3, 0.4) is 0 Å². The maximum absolute atomic E-state index is 13.0. The van der Waals surface area contributed by atoms with E-state index in [0.717, 1.165) is 38.5 Å². The van der Waals surface area contributed by atoms with Gasteiger partial charge in [-0.15, -0.1) is 11.3 Å². The molecular weight excluding hydrogens is 398 g/mol. The number of hydrogen-bond donors (Lipinski definition) is 0. The number of thiazole rings is 1. The van der Waals surface area contributed by atoms with Crippen LogP contribution in [-0.2, 0) is 16.0 Å². The van der Waals surface area contributed by atoms with Gasteiger partial charge in [-0.05, 0) is 36.6 Å². The Morgan fingerprint density at radius 3 is 2.77 bits per heavy atom. The Kier molecular flexibility index (Phi) is 4.83. The van der Waals surface area contributed by atoms with E-state index in [9.17, 15) is 14.4 Å². The highest BCUT2D eigenvalue weighted by Gasteiger charge is 2.34. The third-order valence-electron chi connectivity index (χ3n) is 5.86. The molecule has 30 heavy (non-hydrogen) atoms. The first-order valence-electron chi connectivity index (χ1n) is 10.2. The van der Waals surface area contributed by atoms with Crippen LogP contribution in [0.5, 0.6) is 0 Å².